The molecule has 1 aromatic carbocycles. The molecular weight excluding hydrogens is 389 g/mol. The van der Waals surface area contributed by atoms with Crippen molar-refractivity contribution >= 4 is 23.5 Å². The summed E-state index contributed by atoms with van der Waals surface area (Å²) in [7, 11) is 1.59. The minimum atomic E-state index is -1.65. The molecule has 1 saturated heterocycles. The molecule has 2 heterocycles. The smallest absolute Gasteiger partial charge is 0.314 e. The molecule has 1 amide bonds. The first-order chi connectivity index (χ1) is 13.2. The van der Waals surface area contributed by atoms with Crippen LogP contribution >= 0.6 is 11.6 Å². The Kier molecular flexibility index (Phi) is 5.45. The summed E-state index contributed by atoms with van der Waals surface area (Å²) < 4.78 is 14.9. The molecule has 0 unspecified atom stereocenters. The number of aliphatic hydroxyl groups is 1. The molecule has 1 aromatic heterocycles. The number of carboxylic acid groups (broad SMARTS) is 1. The lowest BCUT2D eigenvalue weighted by molar-refractivity contribution is -0.161. The van der Waals surface area contributed by atoms with Gasteiger partial charge in [-0.3, -0.25) is 14.3 Å². The van der Waals surface area contributed by atoms with E-state index in [2.05, 4.69) is 5.10 Å². The Labute approximate surface area is 166 Å². The number of aliphatic carboxylic acids is 1. The summed E-state index contributed by atoms with van der Waals surface area (Å²) in [4.78, 5) is 26.6. The van der Waals surface area contributed by atoms with Crippen molar-refractivity contribution in [2.45, 2.75) is 25.9 Å². The van der Waals surface area contributed by atoms with E-state index >= 15 is 0 Å². The highest BCUT2D eigenvalue weighted by atomic mass is 35.5. The van der Waals surface area contributed by atoms with E-state index in [9.17, 15) is 24.2 Å². The van der Waals surface area contributed by atoms with Gasteiger partial charge in [0.15, 0.2) is 0 Å². The topological polar surface area (TPSA) is 95.7 Å². The van der Waals surface area contributed by atoms with Crippen LogP contribution in [0.1, 0.15) is 28.2 Å². The van der Waals surface area contributed by atoms with Crippen LogP contribution in [0.25, 0.3) is 0 Å². The van der Waals surface area contributed by atoms with Crippen molar-refractivity contribution in [1.29, 1.82) is 0 Å². The highest BCUT2D eigenvalue weighted by Gasteiger charge is 2.50. The summed E-state index contributed by atoms with van der Waals surface area (Å²) in [6.45, 7) is 1.63. The summed E-state index contributed by atoms with van der Waals surface area (Å²) >= 11 is 6.20. The van der Waals surface area contributed by atoms with Gasteiger partial charge in [0.1, 0.15) is 16.9 Å². The predicted molar refractivity (Wildman–Crippen MR) is 99.7 cm³/mol. The molecule has 1 aliphatic heterocycles. The third kappa shape index (κ3) is 3.49. The number of hydrogen-bond acceptors (Lipinski definition) is 4. The molecule has 0 saturated carbocycles. The van der Waals surface area contributed by atoms with Gasteiger partial charge in [-0.1, -0.05) is 23.7 Å². The maximum atomic E-state index is 13.6. The number of piperidine rings is 1. The second-order valence-corrected chi connectivity index (χ2v) is 7.55. The second-order valence-electron chi connectivity index (χ2n) is 7.17. The van der Waals surface area contributed by atoms with Crippen molar-refractivity contribution in [2.75, 3.05) is 13.1 Å². The van der Waals surface area contributed by atoms with Crippen LogP contribution in [0.15, 0.2) is 24.3 Å². The fourth-order valence-corrected chi connectivity index (χ4v) is 3.98. The molecule has 1 fully saturated rings. The Morgan fingerprint density at radius 3 is 2.71 bits per heavy atom. The van der Waals surface area contributed by atoms with E-state index in [1.807, 2.05) is 0 Å². The van der Waals surface area contributed by atoms with E-state index in [4.69, 9.17) is 11.6 Å². The fraction of sp³-hybridized carbons (Fsp3) is 0.421. The summed E-state index contributed by atoms with van der Waals surface area (Å²) in [6, 6.07) is 5.58. The van der Waals surface area contributed by atoms with Crippen LogP contribution in [-0.2, 0) is 18.3 Å². The van der Waals surface area contributed by atoms with Crippen molar-refractivity contribution in [2.24, 2.45) is 12.5 Å². The van der Waals surface area contributed by atoms with Crippen LogP contribution in [0.4, 0.5) is 4.39 Å². The number of halogens is 2. The normalized spacial score (nSPS) is 22.3. The van der Waals surface area contributed by atoms with Gasteiger partial charge in [-0.15, -0.1) is 0 Å². The maximum Gasteiger partial charge on any atom is 0.314 e. The summed E-state index contributed by atoms with van der Waals surface area (Å²) in [6.07, 6.45) is -1.20. The number of hydrogen-bond donors (Lipinski definition) is 2. The van der Waals surface area contributed by atoms with Crippen molar-refractivity contribution in [3.63, 3.8) is 0 Å². The van der Waals surface area contributed by atoms with Crippen molar-refractivity contribution in [3.8, 4) is 0 Å². The number of aliphatic hydroxyl groups excluding tert-OH is 1. The average Bonchev–Trinajstić information content (AvgIpc) is 2.88. The number of carboxylic acids is 1. The monoisotopic (exact) mass is 409 g/mol. The van der Waals surface area contributed by atoms with Crippen LogP contribution in [0.3, 0.4) is 0 Å². The molecule has 0 spiro atoms. The zero-order valence-corrected chi connectivity index (χ0v) is 16.3. The van der Waals surface area contributed by atoms with E-state index in [-0.39, 0.29) is 36.6 Å². The van der Waals surface area contributed by atoms with Gasteiger partial charge in [0.2, 0.25) is 0 Å². The Hall–Kier alpha value is -2.45. The van der Waals surface area contributed by atoms with Gasteiger partial charge >= 0.3 is 5.97 Å². The van der Waals surface area contributed by atoms with Gasteiger partial charge < -0.3 is 15.1 Å². The third-order valence-electron chi connectivity index (χ3n) is 5.26. The minimum Gasteiger partial charge on any atom is -0.481 e. The van der Waals surface area contributed by atoms with E-state index < -0.39 is 29.2 Å². The van der Waals surface area contributed by atoms with Gasteiger partial charge in [-0.2, -0.15) is 5.10 Å². The SMILES string of the molecule is Cc1nn(C)c(C(=O)N2CC[C@H](O)[C@](Cc3cccc(F)c3)(C(=O)O)C2)c1Cl. The molecule has 2 atom stereocenters. The van der Waals surface area contributed by atoms with Crippen LogP contribution in [0.5, 0.6) is 0 Å². The minimum absolute atomic E-state index is 0.0851. The highest BCUT2D eigenvalue weighted by Crippen LogP contribution is 2.36. The zero-order chi connectivity index (χ0) is 20.6. The van der Waals surface area contributed by atoms with Crippen LogP contribution in [0.2, 0.25) is 5.02 Å². The molecular formula is C19H21ClFN3O4. The third-order valence-corrected chi connectivity index (χ3v) is 5.71. The summed E-state index contributed by atoms with van der Waals surface area (Å²) in [5.41, 5.74) is -0.554. The molecule has 0 bridgehead atoms. The van der Waals surface area contributed by atoms with Gasteiger partial charge in [0, 0.05) is 20.1 Å². The zero-order valence-electron chi connectivity index (χ0n) is 15.5. The summed E-state index contributed by atoms with van der Waals surface area (Å²) in [5.74, 6) is -2.19. The van der Waals surface area contributed by atoms with Gasteiger partial charge in [-0.05, 0) is 37.5 Å². The molecule has 0 radical (unpaired) electrons. The number of aryl methyl sites for hydroxylation is 2. The first-order valence-electron chi connectivity index (χ1n) is 8.80. The van der Waals surface area contributed by atoms with E-state index in [1.54, 1.807) is 20.0 Å². The van der Waals surface area contributed by atoms with E-state index in [0.29, 0.717) is 11.3 Å². The first-order valence-corrected chi connectivity index (χ1v) is 9.18. The lowest BCUT2D eigenvalue weighted by atomic mass is 9.72. The molecule has 2 N–H and O–H groups in total. The molecule has 28 heavy (non-hydrogen) atoms. The van der Waals surface area contributed by atoms with Gasteiger partial charge in [0.05, 0.1) is 16.8 Å². The fourth-order valence-electron chi connectivity index (χ4n) is 3.74. The van der Waals surface area contributed by atoms with Crippen LogP contribution in [-0.4, -0.2) is 56.0 Å². The van der Waals surface area contributed by atoms with Crippen LogP contribution in [0, 0.1) is 18.2 Å². The number of likely N-dealkylation sites (tertiary alicyclic amines) is 1. The standard InChI is InChI=1S/C19H21ClFN3O4/c1-11-15(20)16(23(2)22-11)17(26)24-7-6-14(25)19(10-24,18(27)28)9-12-4-3-5-13(21)8-12/h3-5,8,14,25H,6-7,9-10H2,1-2H3,(H,27,28)/t14-,19+/m0/s1. The average molecular weight is 410 g/mol. The van der Waals surface area contributed by atoms with Crippen molar-refractivity contribution in [1.82, 2.24) is 14.7 Å². The summed E-state index contributed by atoms with van der Waals surface area (Å²) in [5, 5.41) is 24.8. The van der Waals surface area contributed by atoms with Crippen molar-refractivity contribution in [3.05, 3.63) is 52.1 Å². The number of carbonyl (C=O) groups is 2. The number of benzene rings is 1. The number of aromatic nitrogens is 2. The predicted octanol–water partition coefficient (Wildman–Crippen LogP) is 2.04. The van der Waals surface area contributed by atoms with Gasteiger partial charge in [-0.25, -0.2) is 4.39 Å². The number of carbonyl (C=O) groups excluding carboxylic acids is 1. The lowest BCUT2D eigenvalue weighted by Gasteiger charge is -2.43. The Morgan fingerprint density at radius 1 is 1.43 bits per heavy atom. The first kappa shape index (κ1) is 20.3. The Bertz CT molecular complexity index is 932. The second kappa shape index (κ2) is 7.52. The van der Waals surface area contributed by atoms with E-state index in [1.165, 1.54) is 27.8 Å². The molecule has 3 rings (SSSR count). The molecule has 1 aliphatic rings. The number of rotatable bonds is 4. The Balaban J connectivity index is 1.95. The molecule has 0 aliphatic carbocycles. The van der Waals surface area contributed by atoms with E-state index in [0.717, 1.165) is 0 Å². The molecule has 2 aromatic rings. The largest absolute Gasteiger partial charge is 0.481 e. The van der Waals surface area contributed by atoms with Gasteiger partial charge in [0.25, 0.3) is 5.91 Å². The Morgan fingerprint density at radius 2 is 2.14 bits per heavy atom. The lowest BCUT2D eigenvalue weighted by Crippen LogP contribution is -2.58. The number of amides is 1. The van der Waals surface area contributed by atoms with Crippen LogP contribution < -0.4 is 0 Å². The number of nitrogens with zero attached hydrogens (tertiary/aromatic N) is 3. The molecule has 9 heteroatoms. The highest BCUT2D eigenvalue weighted by molar-refractivity contribution is 6.34. The quantitative estimate of drug-likeness (QED) is 0.805. The molecule has 150 valence electrons. The molecule has 7 nitrogen and oxygen atoms in total. The van der Waals surface area contributed by atoms with Crippen molar-refractivity contribution < 1.29 is 24.2 Å². The maximum absolute atomic E-state index is 13.6.